The number of rotatable bonds is 5. The summed E-state index contributed by atoms with van der Waals surface area (Å²) in [5.74, 6) is 0.809. The van der Waals surface area contributed by atoms with Crippen LogP contribution in [0.4, 0.5) is 10.8 Å². The molecular formula is C17H22N4O2S. The number of piperazine rings is 1. The van der Waals surface area contributed by atoms with Crippen molar-refractivity contribution < 1.29 is 9.53 Å². The Labute approximate surface area is 146 Å². The second-order valence-corrected chi connectivity index (χ2v) is 6.69. The van der Waals surface area contributed by atoms with E-state index in [1.807, 2.05) is 29.6 Å². The number of methoxy groups -OCH3 is 1. The van der Waals surface area contributed by atoms with Crippen LogP contribution in [0.15, 0.2) is 35.8 Å². The summed E-state index contributed by atoms with van der Waals surface area (Å²) in [5, 5.41) is 2.58. The van der Waals surface area contributed by atoms with E-state index < -0.39 is 0 Å². The van der Waals surface area contributed by atoms with Gasteiger partial charge in [-0.05, 0) is 31.3 Å². The highest BCUT2D eigenvalue weighted by atomic mass is 32.1. The fraction of sp³-hybridized carbons (Fsp3) is 0.412. The van der Waals surface area contributed by atoms with E-state index in [-0.39, 0.29) is 5.91 Å². The number of ether oxygens (including phenoxy) is 1. The highest BCUT2D eigenvalue weighted by Gasteiger charge is 2.24. The fourth-order valence-corrected chi connectivity index (χ4v) is 3.36. The highest BCUT2D eigenvalue weighted by molar-refractivity contribution is 7.13. The molecule has 6 nitrogen and oxygen atoms in total. The lowest BCUT2D eigenvalue weighted by molar-refractivity contribution is -0.119. The summed E-state index contributed by atoms with van der Waals surface area (Å²) in [4.78, 5) is 23.5. The Hall–Kier alpha value is -1.96. The zero-order chi connectivity index (χ0) is 16.9. The maximum absolute atomic E-state index is 13.0. The topological polar surface area (TPSA) is 48.9 Å². The van der Waals surface area contributed by atoms with Crippen molar-refractivity contribution >= 4 is 28.1 Å². The van der Waals surface area contributed by atoms with Crippen LogP contribution >= 0.6 is 11.3 Å². The number of anilines is 2. The van der Waals surface area contributed by atoms with Gasteiger partial charge in [-0.25, -0.2) is 4.98 Å². The molecule has 1 saturated heterocycles. The Balaban J connectivity index is 1.78. The van der Waals surface area contributed by atoms with E-state index in [0.717, 1.165) is 37.6 Å². The smallest absolute Gasteiger partial charge is 0.247 e. The quantitative estimate of drug-likeness (QED) is 0.829. The number of nitrogens with zero attached hydrogens (tertiary/aromatic N) is 4. The Morgan fingerprint density at radius 2 is 1.96 bits per heavy atom. The first-order valence-corrected chi connectivity index (χ1v) is 8.83. The summed E-state index contributed by atoms with van der Waals surface area (Å²) < 4.78 is 5.20. The van der Waals surface area contributed by atoms with Crippen molar-refractivity contribution in [2.24, 2.45) is 0 Å². The molecule has 0 saturated carbocycles. The lowest BCUT2D eigenvalue weighted by Crippen LogP contribution is -2.48. The summed E-state index contributed by atoms with van der Waals surface area (Å²) in [7, 11) is 3.74. The number of carbonyl (C=O) groups is 1. The first-order chi connectivity index (χ1) is 11.7. The zero-order valence-electron chi connectivity index (χ0n) is 14.0. The normalized spacial score (nSPS) is 16.1. The first-order valence-electron chi connectivity index (χ1n) is 7.95. The summed E-state index contributed by atoms with van der Waals surface area (Å²) in [6.45, 7) is 4.21. The van der Waals surface area contributed by atoms with E-state index >= 15 is 0 Å². The molecule has 0 spiro atoms. The Bertz CT molecular complexity index is 652. The Kier molecular flexibility index (Phi) is 5.44. The van der Waals surface area contributed by atoms with Crippen LogP contribution in [-0.2, 0) is 4.79 Å². The molecule has 0 atom stereocenters. The summed E-state index contributed by atoms with van der Waals surface area (Å²) in [5.41, 5.74) is 0.810. The molecule has 0 N–H and O–H groups in total. The largest absolute Gasteiger partial charge is 0.497 e. The standard InChI is InChI=1S/C17H22N4O2S/c1-19-8-10-20(11-9-19)13-16(22)21(17-18-7-12-24-17)14-3-5-15(23-2)6-4-14/h3-7,12H,8-11,13H2,1-2H3. The second-order valence-electron chi connectivity index (χ2n) is 5.82. The third kappa shape index (κ3) is 3.92. The average molecular weight is 346 g/mol. The summed E-state index contributed by atoms with van der Waals surface area (Å²) in [6, 6.07) is 7.50. The van der Waals surface area contributed by atoms with Crippen LogP contribution in [0.2, 0.25) is 0 Å². The van der Waals surface area contributed by atoms with Gasteiger partial charge in [-0.2, -0.15) is 0 Å². The molecule has 1 fully saturated rings. The van der Waals surface area contributed by atoms with Crippen LogP contribution in [0.3, 0.4) is 0 Å². The minimum Gasteiger partial charge on any atom is -0.497 e. The molecule has 0 unspecified atom stereocenters. The van der Waals surface area contributed by atoms with Gasteiger partial charge in [-0.15, -0.1) is 11.3 Å². The van der Waals surface area contributed by atoms with Gasteiger partial charge in [0.15, 0.2) is 5.13 Å². The number of amides is 1. The Morgan fingerprint density at radius 3 is 2.54 bits per heavy atom. The van der Waals surface area contributed by atoms with Crippen molar-refractivity contribution in [2.45, 2.75) is 0 Å². The monoisotopic (exact) mass is 346 g/mol. The molecule has 128 valence electrons. The summed E-state index contributed by atoms with van der Waals surface area (Å²) in [6.07, 6.45) is 1.72. The van der Waals surface area contributed by atoms with Crippen molar-refractivity contribution in [1.29, 1.82) is 0 Å². The molecule has 3 rings (SSSR count). The maximum atomic E-state index is 13.0. The fourth-order valence-electron chi connectivity index (χ4n) is 2.69. The van der Waals surface area contributed by atoms with E-state index in [4.69, 9.17) is 4.74 Å². The molecule has 7 heteroatoms. The number of likely N-dealkylation sites (N-methyl/N-ethyl adjacent to an activating group) is 1. The van der Waals surface area contributed by atoms with Gasteiger partial charge in [0, 0.05) is 37.8 Å². The number of aromatic nitrogens is 1. The predicted molar refractivity (Wildman–Crippen MR) is 96.2 cm³/mol. The van der Waals surface area contributed by atoms with Gasteiger partial charge in [-0.3, -0.25) is 14.6 Å². The molecule has 0 radical (unpaired) electrons. The molecular weight excluding hydrogens is 324 g/mol. The highest BCUT2D eigenvalue weighted by Crippen LogP contribution is 2.29. The first kappa shape index (κ1) is 16.9. The van der Waals surface area contributed by atoms with Gasteiger partial charge in [0.25, 0.3) is 0 Å². The molecule has 1 aliphatic rings. The zero-order valence-corrected chi connectivity index (χ0v) is 14.8. The van der Waals surface area contributed by atoms with Crippen molar-refractivity contribution in [2.75, 3.05) is 51.8 Å². The van der Waals surface area contributed by atoms with Crippen molar-refractivity contribution in [3.8, 4) is 5.75 Å². The number of hydrogen-bond donors (Lipinski definition) is 0. The van der Waals surface area contributed by atoms with Crippen molar-refractivity contribution in [1.82, 2.24) is 14.8 Å². The maximum Gasteiger partial charge on any atom is 0.247 e. The van der Waals surface area contributed by atoms with E-state index in [1.54, 1.807) is 18.2 Å². The average Bonchev–Trinajstić information content (AvgIpc) is 3.12. The van der Waals surface area contributed by atoms with Gasteiger partial charge in [0.2, 0.25) is 5.91 Å². The molecule has 1 aromatic carbocycles. The number of thiazole rings is 1. The van der Waals surface area contributed by atoms with Gasteiger partial charge < -0.3 is 9.64 Å². The SMILES string of the molecule is COc1ccc(N(C(=O)CN2CCN(C)CC2)c2nccs2)cc1. The third-order valence-corrected chi connectivity index (χ3v) is 4.90. The van der Waals surface area contributed by atoms with Crippen molar-refractivity contribution in [3.63, 3.8) is 0 Å². The Morgan fingerprint density at radius 1 is 1.25 bits per heavy atom. The summed E-state index contributed by atoms with van der Waals surface area (Å²) >= 11 is 1.46. The molecule has 24 heavy (non-hydrogen) atoms. The number of hydrogen-bond acceptors (Lipinski definition) is 6. The van der Waals surface area contributed by atoms with Crippen LogP contribution in [-0.4, -0.2) is 67.6 Å². The minimum absolute atomic E-state index is 0.0414. The van der Waals surface area contributed by atoms with E-state index in [9.17, 15) is 4.79 Å². The van der Waals surface area contributed by atoms with Crippen molar-refractivity contribution in [3.05, 3.63) is 35.8 Å². The van der Waals surface area contributed by atoms with E-state index in [2.05, 4.69) is 21.8 Å². The van der Waals surface area contributed by atoms with Crippen LogP contribution in [0.25, 0.3) is 0 Å². The molecule has 2 aromatic rings. The van der Waals surface area contributed by atoms with E-state index in [0.29, 0.717) is 11.7 Å². The van der Waals surface area contributed by atoms with Gasteiger partial charge >= 0.3 is 0 Å². The van der Waals surface area contributed by atoms with Crippen LogP contribution in [0.5, 0.6) is 5.75 Å². The van der Waals surface area contributed by atoms with Gasteiger partial charge in [0.05, 0.1) is 19.3 Å². The predicted octanol–water partition coefficient (Wildman–Crippen LogP) is 2.06. The minimum atomic E-state index is 0.0414. The molecule has 0 aliphatic carbocycles. The molecule has 2 heterocycles. The second kappa shape index (κ2) is 7.74. The lowest BCUT2D eigenvalue weighted by Gasteiger charge is -2.33. The molecule has 0 bridgehead atoms. The van der Waals surface area contributed by atoms with Gasteiger partial charge in [-0.1, -0.05) is 0 Å². The van der Waals surface area contributed by atoms with Gasteiger partial charge in [0.1, 0.15) is 5.75 Å². The number of carbonyl (C=O) groups excluding carboxylic acids is 1. The molecule has 1 aliphatic heterocycles. The molecule has 1 amide bonds. The molecule has 1 aromatic heterocycles. The van der Waals surface area contributed by atoms with E-state index in [1.165, 1.54) is 11.3 Å². The van der Waals surface area contributed by atoms with Crippen LogP contribution < -0.4 is 9.64 Å². The van der Waals surface area contributed by atoms with Crippen LogP contribution in [0.1, 0.15) is 0 Å². The third-order valence-electron chi connectivity index (χ3n) is 4.15. The lowest BCUT2D eigenvalue weighted by atomic mass is 10.2. The number of benzene rings is 1. The van der Waals surface area contributed by atoms with Crippen LogP contribution in [0, 0.1) is 0 Å².